The van der Waals surface area contributed by atoms with E-state index in [4.69, 9.17) is 4.74 Å². The standard InChI is InChI=1S/C24H29N3O3S/c1-18(31-22-10-6-3-7-11-22)24(29)27-25-16-19-12-14-21(15-13-19)30-17-23(28)26-20-8-4-2-5-9-20/h3,6-7,10-16,18,20H,2,4-5,8-9,17H2,1H3,(H,26,28)(H,27,29)/b25-16-/t18-/m1/s1. The lowest BCUT2D eigenvalue weighted by atomic mass is 9.95. The van der Waals surface area contributed by atoms with Crippen LogP contribution in [0.3, 0.4) is 0 Å². The first-order valence-corrected chi connectivity index (χ1v) is 11.5. The van der Waals surface area contributed by atoms with Crippen LogP contribution in [0.1, 0.15) is 44.6 Å². The highest BCUT2D eigenvalue weighted by Crippen LogP contribution is 2.22. The Morgan fingerprint density at radius 1 is 1.10 bits per heavy atom. The molecule has 1 saturated carbocycles. The van der Waals surface area contributed by atoms with E-state index >= 15 is 0 Å². The zero-order valence-corrected chi connectivity index (χ0v) is 18.6. The van der Waals surface area contributed by atoms with Crippen LogP contribution in [-0.2, 0) is 9.59 Å². The molecule has 6 nitrogen and oxygen atoms in total. The fourth-order valence-electron chi connectivity index (χ4n) is 3.33. The first kappa shape index (κ1) is 22.9. The Morgan fingerprint density at radius 3 is 2.52 bits per heavy atom. The summed E-state index contributed by atoms with van der Waals surface area (Å²) >= 11 is 1.48. The van der Waals surface area contributed by atoms with Gasteiger partial charge in [-0.15, -0.1) is 11.8 Å². The Balaban J connectivity index is 1.38. The van der Waals surface area contributed by atoms with Gasteiger partial charge in [0.25, 0.3) is 11.8 Å². The van der Waals surface area contributed by atoms with Crippen molar-refractivity contribution in [3.63, 3.8) is 0 Å². The summed E-state index contributed by atoms with van der Waals surface area (Å²) in [7, 11) is 0. The van der Waals surface area contributed by atoms with Gasteiger partial charge in [-0.2, -0.15) is 5.10 Å². The van der Waals surface area contributed by atoms with Crippen LogP contribution in [0.25, 0.3) is 0 Å². The molecule has 3 rings (SSSR count). The van der Waals surface area contributed by atoms with Crippen molar-refractivity contribution in [1.82, 2.24) is 10.7 Å². The molecule has 7 heteroatoms. The molecule has 0 bridgehead atoms. The number of amides is 2. The van der Waals surface area contributed by atoms with Gasteiger partial charge in [0.2, 0.25) is 0 Å². The normalized spacial score (nSPS) is 15.4. The predicted octanol–water partition coefficient (Wildman–Crippen LogP) is 4.15. The highest BCUT2D eigenvalue weighted by atomic mass is 32.2. The molecule has 0 radical (unpaired) electrons. The second kappa shape index (κ2) is 12.2. The van der Waals surface area contributed by atoms with Gasteiger partial charge in [0, 0.05) is 10.9 Å². The molecule has 2 aromatic carbocycles. The van der Waals surface area contributed by atoms with Crippen LogP contribution < -0.4 is 15.5 Å². The predicted molar refractivity (Wildman–Crippen MR) is 124 cm³/mol. The largest absolute Gasteiger partial charge is 0.484 e. The van der Waals surface area contributed by atoms with Gasteiger partial charge in [0.1, 0.15) is 5.75 Å². The minimum absolute atomic E-state index is 0.0109. The Labute approximate surface area is 187 Å². The highest BCUT2D eigenvalue weighted by molar-refractivity contribution is 8.00. The fourth-order valence-corrected chi connectivity index (χ4v) is 4.22. The molecule has 1 aliphatic rings. The Bertz CT molecular complexity index is 865. The summed E-state index contributed by atoms with van der Waals surface area (Å²) in [5.41, 5.74) is 3.39. The van der Waals surface area contributed by atoms with Gasteiger partial charge >= 0.3 is 0 Å². The quantitative estimate of drug-likeness (QED) is 0.350. The molecular formula is C24H29N3O3S. The molecule has 1 fully saturated rings. The molecule has 0 aromatic heterocycles. The number of ether oxygens (including phenoxy) is 1. The minimum atomic E-state index is -0.255. The second-order valence-electron chi connectivity index (χ2n) is 7.57. The van der Waals surface area contributed by atoms with Crippen molar-refractivity contribution in [2.24, 2.45) is 5.10 Å². The number of nitrogens with one attached hydrogen (secondary N) is 2. The smallest absolute Gasteiger partial charge is 0.258 e. The molecule has 2 aromatic rings. The van der Waals surface area contributed by atoms with E-state index in [2.05, 4.69) is 15.8 Å². The molecule has 31 heavy (non-hydrogen) atoms. The molecule has 2 amide bonds. The lowest BCUT2D eigenvalue weighted by Gasteiger charge is -2.22. The van der Waals surface area contributed by atoms with Gasteiger partial charge in [0.05, 0.1) is 11.5 Å². The van der Waals surface area contributed by atoms with Gasteiger partial charge in [-0.25, -0.2) is 5.43 Å². The van der Waals surface area contributed by atoms with Crippen LogP contribution in [0, 0.1) is 0 Å². The van der Waals surface area contributed by atoms with Gasteiger partial charge in [-0.1, -0.05) is 37.5 Å². The fraction of sp³-hybridized carbons (Fsp3) is 0.375. The van der Waals surface area contributed by atoms with E-state index in [1.54, 1.807) is 18.3 Å². The van der Waals surface area contributed by atoms with E-state index in [0.29, 0.717) is 5.75 Å². The Hall–Kier alpha value is -2.80. The van der Waals surface area contributed by atoms with Crippen molar-refractivity contribution >= 4 is 29.8 Å². The van der Waals surface area contributed by atoms with Crippen molar-refractivity contribution in [2.75, 3.05) is 6.61 Å². The lowest BCUT2D eigenvalue weighted by Crippen LogP contribution is -2.38. The van der Waals surface area contributed by atoms with E-state index in [-0.39, 0.29) is 29.7 Å². The highest BCUT2D eigenvalue weighted by Gasteiger charge is 2.16. The van der Waals surface area contributed by atoms with Crippen LogP contribution in [0.5, 0.6) is 5.75 Å². The summed E-state index contributed by atoms with van der Waals surface area (Å²) in [6.45, 7) is 1.86. The van der Waals surface area contributed by atoms with Crippen LogP contribution in [0.2, 0.25) is 0 Å². The summed E-state index contributed by atoms with van der Waals surface area (Å²) in [5, 5.41) is 6.81. The first-order chi connectivity index (χ1) is 15.1. The molecule has 164 valence electrons. The van der Waals surface area contributed by atoms with Crippen LogP contribution in [0.4, 0.5) is 0 Å². The maximum absolute atomic E-state index is 12.2. The number of nitrogens with zero attached hydrogens (tertiary/aromatic N) is 1. The van der Waals surface area contributed by atoms with E-state index in [1.165, 1.54) is 31.0 Å². The third kappa shape index (κ3) is 8.09. The minimum Gasteiger partial charge on any atom is -0.484 e. The number of rotatable bonds is 9. The summed E-state index contributed by atoms with van der Waals surface area (Å²) in [6.07, 6.45) is 7.31. The molecule has 0 spiro atoms. The molecule has 1 aliphatic carbocycles. The molecule has 0 unspecified atom stereocenters. The average Bonchev–Trinajstić information content (AvgIpc) is 2.80. The van der Waals surface area contributed by atoms with E-state index in [9.17, 15) is 9.59 Å². The summed E-state index contributed by atoms with van der Waals surface area (Å²) in [4.78, 5) is 25.2. The lowest BCUT2D eigenvalue weighted by molar-refractivity contribution is -0.124. The number of thioether (sulfide) groups is 1. The van der Waals surface area contributed by atoms with E-state index in [1.807, 2.05) is 49.4 Å². The Morgan fingerprint density at radius 2 is 1.81 bits per heavy atom. The summed E-state index contributed by atoms with van der Waals surface area (Å²) < 4.78 is 5.57. The zero-order chi connectivity index (χ0) is 21.9. The summed E-state index contributed by atoms with van der Waals surface area (Å²) in [5.74, 6) is 0.379. The average molecular weight is 440 g/mol. The van der Waals surface area contributed by atoms with Gasteiger partial charge in [0.15, 0.2) is 6.61 Å². The van der Waals surface area contributed by atoms with E-state index < -0.39 is 0 Å². The Kier molecular flexibility index (Phi) is 8.97. The topological polar surface area (TPSA) is 79.8 Å². The third-order valence-corrected chi connectivity index (χ3v) is 6.15. The number of carbonyl (C=O) groups is 2. The molecule has 2 N–H and O–H groups in total. The molecule has 1 atom stereocenters. The van der Waals surface area contributed by atoms with Crippen molar-refractivity contribution < 1.29 is 14.3 Å². The number of hydrazone groups is 1. The van der Waals surface area contributed by atoms with Gasteiger partial charge in [-0.3, -0.25) is 9.59 Å². The van der Waals surface area contributed by atoms with Crippen molar-refractivity contribution in [2.45, 2.75) is 55.2 Å². The maximum atomic E-state index is 12.2. The number of hydrogen-bond acceptors (Lipinski definition) is 5. The monoisotopic (exact) mass is 439 g/mol. The molecule has 0 heterocycles. The zero-order valence-electron chi connectivity index (χ0n) is 17.8. The molecule has 0 saturated heterocycles. The SMILES string of the molecule is C[C@@H](Sc1ccccc1)C(=O)N/N=C\c1ccc(OCC(=O)NC2CCCCC2)cc1. The number of hydrogen-bond donors (Lipinski definition) is 2. The van der Waals surface area contributed by atoms with Crippen molar-refractivity contribution in [1.29, 1.82) is 0 Å². The van der Waals surface area contributed by atoms with E-state index in [0.717, 1.165) is 23.3 Å². The first-order valence-electron chi connectivity index (χ1n) is 10.7. The third-order valence-electron chi connectivity index (χ3n) is 5.03. The van der Waals surface area contributed by atoms with Crippen molar-refractivity contribution in [3.05, 3.63) is 60.2 Å². The summed E-state index contributed by atoms with van der Waals surface area (Å²) in [6, 6.07) is 17.3. The van der Waals surface area contributed by atoms with Crippen LogP contribution in [0.15, 0.2) is 64.6 Å². The number of carbonyl (C=O) groups excluding carboxylic acids is 2. The van der Waals surface area contributed by atoms with Crippen LogP contribution >= 0.6 is 11.8 Å². The molecular weight excluding hydrogens is 410 g/mol. The van der Waals surface area contributed by atoms with Crippen LogP contribution in [-0.4, -0.2) is 35.9 Å². The molecule has 0 aliphatic heterocycles. The van der Waals surface area contributed by atoms with Gasteiger partial charge < -0.3 is 10.1 Å². The second-order valence-corrected chi connectivity index (χ2v) is 8.98. The number of benzene rings is 2. The maximum Gasteiger partial charge on any atom is 0.258 e. The van der Waals surface area contributed by atoms with Gasteiger partial charge in [-0.05, 0) is 61.7 Å². The van der Waals surface area contributed by atoms with Crippen molar-refractivity contribution in [3.8, 4) is 5.75 Å².